The summed E-state index contributed by atoms with van der Waals surface area (Å²) in [5.41, 5.74) is 6.06. The normalized spacial score (nSPS) is 13.3. The fourth-order valence-corrected chi connectivity index (χ4v) is 6.38. The molecule has 0 aliphatic carbocycles. The molecule has 3 N–H and O–H groups in total. The minimum absolute atomic E-state index is 0.0412. The van der Waals surface area contributed by atoms with Crippen molar-refractivity contribution >= 4 is 29.0 Å². The number of hydrogen-bond acceptors (Lipinski definition) is 7. The molecule has 0 bridgehead atoms. The molecular formula is C40H41N3O5S. The second kappa shape index (κ2) is 15.1. The molecule has 1 amide bonds. The van der Waals surface area contributed by atoms with E-state index in [0.29, 0.717) is 10.7 Å². The van der Waals surface area contributed by atoms with Crippen LogP contribution >= 0.6 is 11.3 Å². The van der Waals surface area contributed by atoms with Crippen LogP contribution in [0, 0.1) is 12.8 Å². The highest BCUT2D eigenvalue weighted by Crippen LogP contribution is 2.31. The van der Waals surface area contributed by atoms with Gasteiger partial charge in [-0.05, 0) is 60.1 Å². The van der Waals surface area contributed by atoms with Crippen LogP contribution in [0.5, 0.6) is 0 Å². The van der Waals surface area contributed by atoms with Crippen molar-refractivity contribution < 1.29 is 24.6 Å². The van der Waals surface area contributed by atoms with Gasteiger partial charge in [-0.25, -0.2) is 9.97 Å². The van der Waals surface area contributed by atoms with Gasteiger partial charge in [0.15, 0.2) is 11.6 Å². The summed E-state index contributed by atoms with van der Waals surface area (Å²) in [5.74, 6) is -1.98. The number of aliphatic hydroxyl groups is 1. The minimum atomic E-state index is -1.14. The number of benzene rings is 3. The summed E-state index contributed by atoms with van der Waals surface area (Å²) in [6.07, 6.45) is 3.02. The molecule has 2 heterocycles. The van der Waals surface area contributed by atoms with E-state index in [9.17, 15) is 24.6 Å². The summed E-state index contributed by atoms with van der Waals surface area (Å²) in [4.78, 5) is 48.7. The Labute approximate surface area is 290 Å². The fourth-order valence-electron chi connectivity index (χ4n) is 5.37. The highest BCUT2D eigenvalue weighted by Gasteiger charge is 2.27. The number of rotatable bonds is 12. The smallest absolute Gasteiger partial charge is 0.325 e. The van der Waals surface area contributed by atoms with Gasteiger partial charge in [0.05, 0.1) is 4.88 Å². The third kappa shape index (κ3) is 8.93. The zero-order valence-electron chi connectivity index (χ0n) is 28.3. The van der Waals surface area contributed by atoms with Gasteiger partial charge in [0.1, 0.15) is 12.1 Å². The predicted molar refractivity (Wildman–Crippen MR) is 193 cm³/mol. The SMILES string of the molecule is Cc1ccc(C(O)c2ccc(-c3cnc(-c4ccc(C[C@H](CC(=O)c5ccc(C(C)(C)C)s5)C(=O)N[C@H](C)C(=O)O)cc4)nc3)cc2)cc1. The Hall–Kier alpha value is -4.99. The van der Waals surface area contributed by atoms with E-state index >= 15 is 0 Å². The lowest BCUT2D eigenvalue weighted by Crippen LogP contribution is -2.42. The summed E-state index contributed by atoms with van der Waals surface area (Å²) < 4.78 is 0. The summed E-state index contributed by atoms with van der Waals surface area (Å²) in [6.45, 7) is 9.66. The molecule has 49 heavy (non-hydrogen) atoms. The summed E-state index contributed by atoms with van der Waals surface area (Å²) in [6, 6.07) is 25.7. The topological polar surface area (TPSA) is 129 Å². The van der Waals surface area contributed by atoms with E-state index in [0.717, 1.165) is 43.8 Å². The Morgan fingerprint density at radius 3 is 1.92 bits per heavy atom. The fraction of sp³-hybridized carbons (Fsp3) is 0.275. The van der Waals surface area contributed by atoms with Crippen LogP contribution in [0.25, 0.3) is 22.5 Å². The summed E-state index contributed by atoms with van der Waals surface area (Å²) in [5, 5.41) is 22.7. The molecule has 0 radical (unpaired) electrons. The van der Waals surface area contributed by atoms with Gasteiger partial charge in [-0.3, -0.25) is 14.4 Å². The number of carboxylic acid groups (broad SMARTS) is 1. The lowest BCUT2D eigenvalue weighted by molar-refractivity contribution is -0.141. The number of nitrogens with one attached hydrogen (secondary N) is 1. The lowest BCUT2D eigenvalue weighted by atomic mass is 9.92. The molecule has 0 saturated carbocycles. The highest BCUT2D eigenvalue weighted by molar-refractivity contribution is 7.14. The number of hydrogen-bond donors (Lipinski definition) is 3. The van der Waals surface area contributed by atoms with E-state index < -0.39 is 29.9 Å². The molecule has 0 saturated heterocycles. The minimum Gasteiger partial charge on any atom is -0.480 e. The third-order valence-corrected chi connectivity index (χ3v) is 10.0. The van der Waals surface area contributed by atoms with Crippen molar-refractivity contribution in [2.45, 2.75) is 65.0 Å². The van der Waals surface area contributed by atoms with Gasteiger partial charge >= 0.3 is 5.97 Å². The molecule has 0 aliphatic heterocycles. The van der Waals surface area contributed by atoms with Crippen LogP contribution in [0.4, 0.5) is 0 Å². The van der Waals surface area contributed by atoms with Crippen molar-refractivity contribution in [3.63, 3.8) is 0 Å². The van der Waals surface area contributed by atoms with E-state index in [1.165, 1.54) is 18.3 Å². The van der Waals surface area contributed by atoms with Crippen LogP contribution < -0.4 is 5.32 Å². The van der Waals surface area contributed by atoms with E-state index in [-0.39, 0.29) is 24.0 Å². The number of thiophene rings is 1. The van der Waals surface area contributed by atoms with Gasteiger partial charge in [-0.15, -0.1) is 11.3 Å². The molecule has 5 aromatic rings. The molecule has 3 aromatic carbocycles. The Balaban J connectivity index is 1.27. The Bertz CT molecular complexity index is 1910. The Morgan fingerprint density at radius 1 is 0.796 bits per heavy atom. The molecule has 9 heteroatoms. The molecule has 1 unspecified atom stereocenters. The third-order valence-electron chi connectivity index (χ3n) is 8.45. The molecule has 5 rings (SSSR count). The zero-order chi connectivity index (χ0) is 35.3. The van der Waals surface area contributed by atoms with Gasteiger partial charge in [-0.1, -0.05) is 99.1 Å². The number of aliphatic carboxylic acids is 1. The molecular weight excluding hydrogens is 635 g/mol. The van der Waals surface area contributed by atoms with Gasteiger partial charge in [0, 0.05) is 40.7 Å². The van der Waals surface area contributed by atoms with Gasteiger partial charge in [0.2, 0.25) is 5.91 Å². The quantitative estimate of drug-likeness (QED) is 0.116. The molecule has 0 fully saturated rings. The number of aliphatic hydroxyl groups excluding tert-OH is 1. The first-order chi connectivity index (χ1) is 23.3. The second-order valence-corrected chi connectivity index (χ2v) is 14.5. The standard InChI is InChI=1S/C40H41N3O5S/c1-24-6-10-28(11-7-24)36(45)29-16-14-27(15-17-29)32-22-41-37(42-23-32)30-12-8-26(9-13-30)20-31(38(46)43-25(2)39(47)48)21-33(44)34-18-19-35(49-34)40(3,4)5/h6-19,22-23,25,31,36,45H,20-21H2,1-5H3,(H,43,46)(H,47,48)/t25-,31-,36?/m1/s1. The number of carbonyl (C=O) groups is 3. The van der Waals surface area contributed by atoms with Crippen molar-refractivity contribution in [2.75, 3.05) is 0 Å². The maximum Gasteiger partial charge on any atom is 0.325 e. The van der Waals surface area contributed by atoms with E-state index in [4.69, 9.17) is 0 Å². The number of Topliss-reactive ketones (excluding diaryl/α,β-unsaturated/α-hetero) is 1. The van der Waals surface area contributed by atoms with Crippen molar-refractivity contribution in [3.8, 4) is 22.5 Å². The molecule has 0 aliphatic rings. The van der Waals surface area contributed by atoms with Crippen LogP contribution in [0.1, 0.15) is 77.0 Å². The van der Waals surface area contributed by atoms with Crippen molar-refractivity contribution in [2.24, 2.45) is 5.92 Å². The van der Waals surface area contributed by atoms with E-state index in [1.54, 1.807) is 18.5 Å². The van der Waals surface area contributed by atoms with Gasteiger partial charge < -0.3 is 15.5 Å². The van der Waals surface area contributed by atoms with Crippen molar-refractivity contribution in [1.82, 2.24) is 15.3 Å². The number of ketones is 1. The van der Waals surface area contributed by atoms with Crippen LogP contribution in [0.3, 0.4) is 0 Å². The maximum absolute atomic E-state index is 13.3. The molecule has 252 valence electrons. The average Bonchev–Trinajstić information content (AvgIpc) is 3.60. The number of aromatic nitrogens is 2. The van der Waals surface area contributed by atoms with E-state index in [2.05, 4.69) is 36.1 Å². The number of amides is 1. The largest absolute Gasteiger partial charge is 0.480 e. The summed E-state index contributed by atoms with van der Waals surface area (Å²) >= 11 is 1.43. The average molecular weight is 676 g/mol. The summed E-state index contributed by atoms with van der Waals surface area (Å²) in [7, 11) is 0. The van der Waals surface area contributed by atoms with Crippen molar-refractivity contribution in [3.05, 3.63) is 129 Å². The number of nitrogens with zero attached hydrogens (tertiary/aromatic N) is 2. The van der Waals surface area contributed by atoms with Crippen LogP contribution in [0.15, 0.2) is 97.3 Å². The lowest BCUT2D eigenvalue weighted by Gasteiger charge is -2.18. The van der Waals surface area contributed by atoms with Crippen LogP contribution in [-0.4, -0.2) is 43.9 Å². The first kappa shape index (κ1) is 35.3. The monoisotopic (exact) mass is 675 g/mol. The Kier molecular flexibility index (Phi) is 10.9. The molecule has 2 aromatic heterocycles. The van der Waals surface area contributed by atoms with Gasteiger partial charge in [-0.2, -0.15) is 0 Å². The molecule has 3 atom stereocenters. The van der Waals surface area contributed by atoms with E-state index in [1.807, 2.05) is 85.8 Å². The second-order valence-electron chi connectivity index (χ2n) is 13.4. The predicted octanol–water partition coefficient (Wildman–Crippen LogP) is 7.58. The molecule has 8 nitrogen and oxygen atoms in total. The molecule has 0 spiro atoms. The number of carboxylic acids is 1. The first-order valence-electron chi connectivity index (χ1n) is 16.2. The number of carbonyl (C=O) groups excluding carboxylic acids is 2. The van der Waals surface area contributed by atoms with Gasteiger partial charge in [0.25, 0.3) is 0 Å². The Morgan fingerprint density at radius 2 is 1.37 bits per heavy atom. The number of aryl methyl sites for hydroxylation is 1. The maximum atomic E-state index is 13.3. The zero-order valence-corrected chi connectivity index (χ0v) is 29.1. The highest BCUT2D eigenvalue weighted by atomic mass is 32.1. The van der Waals surface area contributed by atoms with Crippen LogP contribution in [-0.2, 0) is 21.4 Å². The van der Waals surface area contributed by atoms with Crippen molar-refractivity contribution in [1.29, 1.82) is 0 Å². The first-order valence-corrected chi connectivity index (χ1v) is 17.0. The van der Waals surface area contributed by atoms with Crippen LogP contribution in [0.2, 0.25) is 0 Å².